The molecule has 2 atom stereocenters. The molecule has 0 bridgehead atoms. The van der Waals surface area contributed by atoms with Crippen LogP contribution in [0.1, 0.15) is 25.0 Å². The smallest absolute Gasteiger partial charge is 0.311 e. The van der Waals surface area contributed by atoms with Gasteiger partial charge in [0.25, 0.3) is 0 Å². The Labute approximate surface area is 104 Å². The summed E-state index contributed by atoms with van der Waals surface area (Å²) in [6.07, 6.45) is -0.863. The third-order valence-electron chi connectivity index (χ3n) is 2.85. The number of aliphatic carboxylic acids is 1. The molecule has 1 aliphatic rings. The molecule has 5 heteroatoms. The highest BCUT2D eigenvalue weighted by Crippen LogP contribution is 2.39. The maximum atomic E-state index is 11.3. The second kappa shape index (κ2) is 5.08. The van der Waals surface area contributed by atoms with Gasteiger partial charge in [0.1, 0.15) is 17.8 Å². The Morgan fingerprint density at radius 2 is 2.22 bits per heavy atom. The number of carboxylic acids is 1. The number of esters is 1. The van der Waals surface area contributed by atoms with E-state index >= 15 is 0 Å². The maximum absolute atomic E-state index is 11.3. The molecular weight excluding hydrogens is 236 g/mol. The lowest BCUT2D eigenvalue weighted by atomic mass is 9.95. The number of carbonyl (C=O) groups excluding carboxylic acids is 1. The lowest BCUT2D eigenvalue weighted by Gasteiger charge is -2.17. The lowest BCUT2D eigenvalue weighted by Crippen LogP contribution is -2.18. The highest BCUT2D eigenvalue weighted by atomic mass is 16.6. The molecule has 1 aromatic rings. The van der Waals surface area contributed by atoms with E-state index in [1.165, 1.54) is 0 Å². The molecule has 0 spiro atoms. The predicted octanol–water partition coefficient (Wildman–Crippen LogP) is 1.77. The van der Waals surface area contributed by atoms with E-state index in [1.54, 1.807) is 24.3 Å². The topological polar surface area (TPSA) is 72.8 Å². The summed E-state index contributed by atoms with van der Waals surface area (Å²) in [5.74, 6) is -1.80. The number of rotatable bonds is 4. The molecule has 2 rings (SSSR count). The van der Waals surface area contributed by atoms with Crippen LogP contribution in [0.25, 0.3) is 0 Å². The van der Waals surface area contributed by atoms with Crippen molar-refractivity contribution >= 4 is 11.9 Å². The van der Waals surface area contributed by atoms with E-state index in [1.807, 2.05) is 6.92 Å². The van der Waals surface area contributed by atoms with Gasteiger partial charge in [-0.05, 0) is 13.0 Å². The van der Waals surface area contributed by atoms with Gasteiger partial charge in [-0.1, -0.05) is 18.2 Å². The third-order valence-corrected chi connectivity index (χ3v) is 2.85. The molecule has 5 nitrogen and oxygen atoms in total. The number of hydrogen-bond donors (Lipinski definition) is 1. The molecule has 0 amide bonds. The first-order chi connectivity index (χ1) is 8.63. The van der Waals surface area contributed by atoms with Gasteiger partial charge in [0.05, 0.1) is 13.0 Å². The van der Waals surface area contributed by atoms with Gasteiger partial charge in [-0.2, -0.15) is 0 Å². The summed E-state index contributed by atoms with van der Waals surface area (Å²) < 4.78 is 10.5. The van der Waals surface area contributed by atoms with Gasteiger partial charge < -0.3 is 14.6 Å². The predicted molar refractivity (Wildman–Crippen MR) is 62.2 cm³/mol. The van der Waals surface area contributed by atoms with Crippen LogP contribution in [0.15, 0.2) is 24.3 Å². The van der Waals surface area contributed by atoms with Crippen LogP contribution in [0.5, 0.6) is 5.75 Å². The largest absolute Gasteiger partial charge is 0.493 e. The molecule has 0 saturated carbocycles. The van der Waals surface area contributed by atoms with E-state index in [0.29, 0.717) is 17.9 Å². The Balaban J connectivity index is 2.35. The fourth-order valence-electron chi connectivity index (χ4n) is 2.06. The summed E-state index contributed by atoms with van der Waals surface area (Å²) in [4.78, 5) is 22.4. The third kappa shape index (κ3) is 2.30. The number of benzene rings is 1. The van der Waals surface area contributed by atoms with Crippen LogP contribution in [-0.4, -0.2) is 23.7 Å². The molecule has 0 radical (unpaired) electrons. The van der Waals surface area contributed by atoms with Gasteiger partial charge in [-0.15, -0.1) is 0 Å². The Bertz CT molecular complexity index is 468. The van der Waals surface area contributed by atoms with Crippen molar-refractivity contribution in [1.29, 1.82) is 0 Å². The molecule has 96 valence electrons. The van der Waals surface area contributed by atoms with Crippen molar-refractivity contribution in [1.82, 2.24) is 0 Å². The second-order valence-corrected chi connectivity index (χ2v) is 4.03. The van der Waals surface area contributed by atoms with Crippen LogP contribution in [0.3, 0.4) is 0 Å². The van der Waals surface area contributed by atoms with E-state index in [0.717, 1.165) is 0 Å². The molecule has 1 heterocycles. The van der Waals surface area contributed by atoms with Crippen molar-refractivity contribution < 1.29 is 24.2 Å². The Hall–Kier alpha value is -2.04. The van der Waals surface area contributed by atoms with E-state index in [-0.39, 0.29) is 6.42 Å². The summed E-state index contributed by atoms with van der Waals surface area (Å²) in [7, 11) is 0. The summed E-state index contributed by atoms with van der Waals surface area (Å²) in [5, 5.41) is 9.11. The van der Waals surface area contributed by atoms with E-state index < -0.39 is 24.0 Å². The summed E-state index contributed by atoms with van der Waals surface area (Å²) in [5.41, 5.74) is 0.609. The molecule has 1 N–H and O–H groups in total. The van der Waals surface area contributed by atoms with Gasteiger partial charge in [0, 0.05) is 5.56 Å². The summed E-state index contributed by atoms with van der Waals surface area (Å²) in [6, 6.07) is 7.03. The molecule has 0 aliphatic carbocycles. The fraction of sp³-hybridized carbons (Fsp3) is 0.385. The number of ether oxygens (including phenoxy) is 2. The molecular formula is C13H14O5. The van der Waals surface area contributed by atoms with E-state index in [9.17, 15) is 9.59 Å². The van der Waals surface area contributed by atoms with Crippen LogP contribution >= 0.6 is 0 Å². The summed E-state index contributed by atoms with van der Waals surface area (Å²) in [6.45, 7) is 2.31. The van der Waals surface area contributed by atoms with Crippen LogP contribution in [0.4, 0.5) is 0 Å². The van der Waals surface area contributed by atoms with E-state index in [4.69, 9.17) is 14.6 Å². The lowest BCUT2D eigenvalue weighted by molar-refractivity contribution is -0.144. The monoisotopic (exact) mass is 250 g/mol. The van der Waals surface area contributed by atoms with Crippen molar-refractivity contribution in [3.63, 3.8) is 0 Å². The van der Waals surface area contributed by atoms with Gasteiger partial charge in [-0.25, -0.2) is 0 Å². The standard InChI is InChI=1S/C13H14O5/c1-2-17-10-6-4-3-5-8(10)12-9(13(15)16)7-11(14)18-12/h3-6,9,12H,2,7H2,1H3,(H,15,16)/t9-,12+/m1/s1. The molecule has 0 unspecified atom stereocenters. The first kappa shape index (κ1) is 12.4. The van der Waals surface area contributed by atoms with Crippen LogP contribution in [-0.2, 0) is 14.3 Å². The Morgan fingerprint density at radius 3 is 2.89 bits per heavy atom. The number of hydrogen-bond acceptors (Lipinski definition) is 4. The quantitative estimate of drug-likeness (QED) is 0.824. The first-order valence-electron chi connectivity index (χ1n) is 5.77. The molecule has 1 aromatic carbocycles. The molecule has 1 fully saturated rings. The zero-order valence-corrected chi connectivity index (χ0v) is 9.96. The number of para-hydroxylation sites is 1. The maximum Gasteiger partial charge on any atom is 0.311 e. The van der Waals surface area contributed by atoms with Crippen molar-refractivity contribution in [2.24, 2.45) is 5.92 Å². The first-order valence-corrected chi connectivity index (χ1v) is 5.77. The highest BCUT2D eigenvalue weighted by Gasteiger charge is 2.42. The molecule has 0 aromatic heterocycles. The highest BCUT2D eigenvalue weighted by molar-refractivity contribution is 5.83. The minimum absolute atomic E-state index is 0.0968. The molecule has 1 aliphatic heterocycles. The molecule has 1 saturated heterocycles. The van der Waals surface area contributed by atoms with Crippen molar-refractivity contribution in [2.75, 3.05) is 6.61 Å². The van der Waals surface area contributed by atoms with Crippen LogP contribution in [0.2, 0.25) is 0 Å². The fourth-order valence-corrected chi connectivity index (χ4v) is 2.06. The van der Waals surface area contributed by atoms with Gasteiger partial charge >= 0.3 is 11.9 Å². The summed E-state index contributed by atoms with van der Waals surface area (Å²) >= 11 is 0. The van der Waals surface area contributed by atoms with Crippen LogP contribution < -0.4 is 4.74 Å². The van der Waals surface area contributed by atoms with Gasteiger partial charge in [-0.3, -0.25) is 9.59 Å². The average Bonchev–Trinajstić information content (AvgIpc) is 2.72. The normalized spacial score (nSPS) is 22.6. The molecule has 18 heavy (non-hydrogen) atoms. The van der Waals surface area contributed by atoms with Gasteiger partial charge in [0.15, 0.2) is 0 Å². The van der Waals surface area contributed by atoms with Gasteiger partial charge in [0.2, 0.25) is 0 Å². The van der Waals surface area contributed by atoms with Crippen molar-refractivity contribution in [3.05, 3.63) is 29.8 Å². The number of carbonyl (C=O) groups is 2. The second-order valence-electron chi connectivity index (χ2n) is 4.03. The Kier molecular flexibility index (Phi) is 3.50. The minimum Gasteiger partial charge on any atom is -0.493 e. The van der Waals surface area contributed by atoms with Crippen LogP contribution in [0, 0.1) is 5.92 Å². The zero-order chi connectivity index (χ0) is 13.1. The zero-order valence-electron chi connectivity index (χ0n) is 9.96. The SMILES string of the molecule is CCOc1ccccc1[C@@H]1OC(=O)C[C@H]1C(=O)O. The van der Waals surface area contributed by atoms with Crippen molar-refractivity contribution in [3.8, 4) is 5.75 Å². The van der Waals surface area contributed by atoms with E-state index in [2.05, 4.69) is 0 Å². The Morgan fingerprint density at radius 1 is 1.50 bits per heavy atom. The van der Waals surface area contributed by atoms with Crippen molar-refractivity contribution in [2.45, 2.75) is 19.4 Å². The average molecular weight is 250 g/mol. The minimum atomic E-state index is -1.03. The number of carboxylic acid groups (broad SMARTS) is 1. The number of cyclic esters (lactones) is 1.